The molecule has 0 aliphatic rings. The number of hydrogen-bond donors (Lipinski definition) is 2. The number of hydrogen-bond acceptors (Lipinski definition) is 2. The third-order valence-electron chi connectivity index (χ3n) is 3.47. The summed E-state index contributed by atoms with van der Waals surface area (Å²) >= 11 is 0. The predicted octanol–water partition coefficient (Wildman–Crippen LogP) is 2.70. The Kier molecular flexibility index (Phi) is 3.86. The molecule has 0 aliphatic heterocycles. The van der Waals surface area contributed by atoms with Crippen molar-refractivity contribution in [3.63, 3.8) is 0 Å². The van der Waals surface area contributed by atoms with Gasteiger partial charge in [0, 0.05) is 0 Å². The Hall–Kier alpha value is -2.36. The summed E-state index contributed by atoms with van der Waals surface area (Å²) in [7, 11) is -1.48. The van der Waals surface area contributed by atoms with E-state index < -0.39 is 7.12 Å². The molecule has 0 heterocycles. The Morgan fingerprint density at radius 3 is 1.33 bits per heavy atom. The molecule has 102 valence electrons. The average molecular weight is 274 g/mol. The van der Waals surface area contributed by atoms with Crippen LogP contribution in [0.1, 0.15) is 0 Å². The van der Waals surface area contributed by atoms with Gasteiger partial charge in [0.1, 0.15) is 0 Å². The molecule has 0 radical (unpaired) electrons. The molecule has 0 saturated heterocycles. The summed E-state index contributed by atoms with van der Waals surface area (Å²) < 4.78 is 0. The van der Waals surface area contributed by atoms with E-state index in [0.717, 1.165) is 22.3 Å². The molecule has 0 aliphatic carbocycles. The van der Waals surface area contributed by atoms with Gasteiger partial charge in [0.05, 0.1) is 0 Å². The molecule has 0 bridgehead atoms. The fourth-order valence-corrected chi connectivity index (χ4v) is 2.40. The Morgan fingerprint density at radius 2 is 0.952 bits per heavy atom. The molecule has 2 nitrogen and oxygen atoms in total. The van der Waals surface area contributed by atoms with Gasteiger partial charge < -0.3 is 10.0 Å². The minimum absolute atomic E-state index is 0.496. The molecule has 0 fully saturated rings. The van der Waals surface area contributed by atoms with E-state index in [2.05, 4.69) is 6.07 Å². The first-order valence-electron chi connectivity index (χ1n) is 6.86. The van der Waals surface area contributed by atoms with Crippen LogP contribution in [0.15, 0.2) is 78.9 Å². The van der Waals surface area contributed by atoms with Gasteiger partial charge >= 0.3 is 7.12 Å². The smallest absolute Gasteiger partial charge is 0.423 e. The van der Waals surface area contributed by atoms with Crippen molar-refractivity contribution in [3.05, 3.63) is 78.9 Å². The van der Waals surface area contributed by atoms with E-state index >= 15 is 0 Å². The Balaban J connectivity index is 2.16. The van der Waals surface area contributed by atoms with Crippen molar-refractivity contribution in [1.82, 2.24) is 0 Å². The SMILES string of the molecule is OB(O)c1cc(-c2ccccc2)cc(-c2ccccc2)c1. The van der Waals surface area contributed by atoms with E-state index in [1.165, 1.54) is 0 Å². The third kappa shape index (κ3) is 3.05. The van der Waals surface area contributed by atoms with E-state index in [4.69, 9.17) is 0 Å². The number of benzene rings is 3. The Bertz CT molecular complexity index is 667. The number of rotatable bonds is 3. The molecular formula is C18H15BO2. The van der Waals surface area contributed by atoms with Crippen molar-refractivity contribution in [3.8, 4) is 22.3 Å². The normalized spacial score (nSPS) is 10.4. The van der Waals surface area contributed by atoms with E-state index in [0.29, 0.717) is 5.46 Å². The van der Waals surface area contributed by atoms with Gasteiger partial charge in [-0.05, 0) is 33.8 Å². The minimum Gasteiger partial charge on any atom is -0.423 e. The molecule has 0 aromatic heterocycles. The van der Waals surface area contributed by atoms with E-state index in [9.17, 15) is 10.0 Å². The minimum atomic E-state index is -1.48. The van der Waals surface area contributed by atoms with Crippen LogP contribution in [0.25, 0.3) is 22.3 Å². The zero-order valence-corrected chi connectivity index (χ0v) is 11.5. The second-order valence-electron chi connectivity index (χ2n) is 4.95. The molecule has 0 spiro atoms. The molecule has 3 aromatic rings. The summed E-state index contributed by atoms with van der Waals surface area (Å²) in [4.78, 5) is 0. The van der Waals surface area contributed by atoms with Gasteiger partial charge in [0.2, 0.25) is 0 Å². The van der Waals surface area contributed by atoms with Crippen LogP contribution in [0.2, 0.25) is 0 Å². The topological polar surface area (TPSA) is 40.5 Å². The molecule has 3 rings (SSSR count). The van der Waals surface area contributed by atoms with Crippen LogP contribution >= 0.6 is 0 Å². The molecule has 2 N–H and O–H groups in total. The molecule has 0 unspecified atom stereocenters. The quantitative estimate of drug-likeness (QED) is 0.721. The highest BCUT2D eigenvalue weighted by Gasteiger charge is 2.14. The van der Waals surface area contributed by atoms with Gasteiger partial charge in [-0.15, -0.1) is 0 Å². The zero-order valence-electron chi connectivity index (χ0n) is 11.5. The molecule has 3 heteroatoms. The molecule has 3 aromatic carbocycles. The van der Waals surface area contributed by atoms with Crippen LogP contribution in [0.4, 0.5) is 0 Å². The van der Waals surface area contributed by atoms with Gasteiger partial charge in [-0.2, -0.15) is 0 Å². The van der Waals surface area contributed by atoms with Crippen molar-refractivity contribution < 1.29 is 10.0 Å². The lowest BCUT2D eigenvalue weighted by Crippen LogP contribution is -2.29. The molecule has 21 heavy (non-hydrogen) atoms. The average Bonchev–Trinajstić information content (AvgIpc) is 2.56. The Labute approximate surface area is 124 Å². The first kappa shape index (κ1) is 13.6. The van der Waals surface area contributed by atoms with Gasteiger partial charge in [-0.3, -0.25) is 0 Å². The highest BCUT2D eigenvalue weighted by Crippen LogP contribution is 2.25. The van der Waals surface area contributed by atoms with Crippen molar-refractivity contribution in [2.75, 3.05) is 0 Å². The lowest BCUT2D eigenvalue weighted by Gasteiger charge is -2.10. The molecule has 0 amide bonds. The zero-order chi connectivity index (χ0) is 14.7. The van der Waals surface area contributed by atoms with Gasteiger partial charge in [0.25, 0.3) is 0 Å². The summed E-state index contributed by atoms with van der Waals surface area (Å²) in [5.41, 5.74) is 4.55. The lowest BCUT2D eigenvalue weighted by atomic mass is 9.77. The van der Waals surface area contributed by atoms with E-state index in [-0.39, 0.29) is 0 Å². The van der Waals surface area contributed by atoms with Crippen molar-refractivity contribution in [2.45, 2.75) is 0 Å². The predicted molar refractivity (Wildman–Crippen MR) is 87.1 cm³/mol. The fourth-order valence-electron chi connectivity index (χ4n) is 2.40. The van der Waals surface area contributed by atoms with Crippen LogP contribution in [0, 0.1) is 0 Å². The highest BCUT2D eigenvalue weighted by molar-refractivity contribution is 6.58. The maximum Gasteiger partial charge on any atom is 0.488 e. The van der Waals surface area contributed by atoms with Crippen molar-refractivity contribution in [1.29, 1.82) is 0 Å². The van der Waals surface area contributed by atoms with Gasteiger partial charge in [-0.1, -0.05) is 72.8 Å². The summed E-state index contributed by atoms with van der Waals surface area (Å²) in [6, 6.07) is 25.6. The van der Waals surface area contributed by atoms with Crippen LogP contribution in [-0.2, 0) is 0 Å². The first-order chi connectivity index (χ1) is 10.2. The largest absolute Gasteiger partial charge is 0.488 e. The first-order valence-corrected chi connectivity index (χ1v) is 6.86. The summed E-state index contributed by atoms with van der Waals surface area (Å²) in [5.74, 6) is 0. The van der Waals surface area contributed by atoms with Gasteiger partial charge in [0.15, 0.2) is 0 Å². The van der Waals surface area contributed by atoms with Crippen LogP contribution in [0.5, 0.6) is 0 Å². The molecule has 0 saturated carbocycles. The van der Waals surface area contributed by atoms with Crippen LogP contribution in [0.3, 0.4) is 0 Å². The molecular weight excluding hydrogens is 259 g/mol. The van der Waals surface area contributed by atoms with E-state index in [1.807, 2.05) is 72.8 Å². The fraction of sp³-hybridized carbons (Fsp3) is 0. The Morgan fingerprint density at radius 1 is 0.524 bits per heavy atom. The monoisotopic (exact) mass is 274 g/mol. The highest BCUT2D eigenvalue weighted by atomic mass is 16.4. The summed E-state index contributed by atoms with van der Waals surface area (Å²) in [6.07, 6.45) is 0. The van der Waals surface area contributed by atoms with Crippen molar-refractivity contribution >= 4 is 12.6 Å². The van der Waals surface area contributed by atoms with Crippen molar-refractivity contribution in [2.24, 2.45) is 0 Å². The van der Waals surface area contributed by atoms with E-state index in [1.54, 1.807) is 0 Å². The van der Waals surface area contributed by atoms with Crippen LogP contribution < -0.4 is 5.46 Å². The van der Waals surface area contributed by atoms with Crippen LogP contribution in [-0.4, -0.2) is 17.2 Å². The maximum absolute atomic E-state index is 9.52. The second kappa shape index (κ2) is 5.96. The third-order valence-corrected chi connectivity index (χ3v) is 3.47. The maximum atomic E-state index is 9.52. The van der Waals surface area contributed by atoms with Gasteiger partial charge in [-0.25, -0.2) is 0 Å². The second-order valence-corrected chi connectivity index (χ2v) is 4.95. The molecule has 0 atom stereocenters. The summed E-state index contributed by atoms with van der Waals surface area (Å²) in [6.45, 7) is 0. The standard InChI is InChI=1S/C18H15BO2/c20-19(21)18-12-16(14-7-3-1-4-8-14)11-17(13-18)15-9-5-2-6-10-15/h1-13,20-21H. The summed E-state index contributed by atoms with van der Waals surface area (Å²) in [5, 5.41) is 19.0. The lowest BCUT2D eigenvalue weighted by molar-refractivity contribution is 0.426.